The highest BCUT2D eigenvalue weighted by atomic mass is 32.2. The van der Waals surface area contributed by atoms with Gasteiger partial charge in [-0.2, -0.15) is 0 Å². The lowest BCUT2D eigenvalue weighted by molar-refractivity contribution is 0.323. The van der Waals surface area contributed by atoms with Gasteiger partial charge in [-0.15, -0.1) is 11.8 Å². The Labute approximate surface area is 295 Å². The minimum absolute atomic E-state index is 0.397. The molecule has 0 radical (unpaired) electrons. The molecule has 0 bridgehead atoms. The molecule has 0 saturated carbocycles. The van der Waals surface area contributed by atoms with Crippen LogP contribution < -0.4 is 0 Å². The van der Waals surface area contributed by atoms with Crippen LogP contribution in [0.15, 0.2) is 117 Å². The first kappa shape index (κ1) is 33.3. The molecule has 1 aromatic carbocycles. The van der Waals surface area contributed by atoms with Crippen molar-refractivity contribution in [2.45, 2.75) is 90.9 Å². The molecule has 3 unspecified atom stereocenters. The molecule has 0 spiro atoms. The van der Waals surface area contributed by atoms with E-state index in [1.807, 2.05) is 42.2 Å². The molecule has 0 fully saturated rings. The molecule has 0 saturated heterocycles. The van der Waals surface area contributed by atoms with Crippen LogP contribution in [0.2, 0.25) is 0 Å². The molecule has 0 amide bonds. The summed E-state index contributed by atoms with van der Waals surface area (Å²) in [6, 6.07) is 21.1. The number of hydrogen-bond acceptors (Lipinski definition) is 6. The highest BCUT2D eigenvalue weighted by Crippen LogP contribution is 2.42. The van der Waals surface area contributed by atoms with E-state index in [0.29, 0.717) is 23.6 Å². The first-order valence-corrected chi connectivity index (χ1v) is 18.9. The van der Waals surface area contributed by atoms with Gasteiger partial charge in [-0.05, 0) is 122 Å². The Hall–Kier alpha value is -4.16. The molecule has 0 N–H and O–H groups in total. The molecule has 252 valence electrons. The molecule has 1 aliphatic heterocycles. The van der Waals surface area contributed by atoms with Crippen molar-refractivity contribution in [3.8, 4) is 11.6 Å². The smallest absolute Gasteiger partial charge is 0.245 e. The molecule has 3 aromatic heterocycles. The van der Waals surface area contributed by atoms with Crippen molar-refractivity contribution in [1.29, 1.82) is 0 Å². The van der Waals surface area contributed by atoms with Gasteiger partial charge in [-0.1, -0.05) is 62.2 Å². The summed E-state index contributed by atoms with van der Waals surface area (Å²) in [6.07, 6.45) is 18.6. The predicted molar refractivity (Wildman–Crippen MR) is 200 cm³/mol. The van der Waals surface area contributed by atoms with E-state index in [0.717, 1.165) is 98.4 Å². The van der Waals surface area contributed by atoms with E-state index in [1.54, 1.807) is 6.20 Å². The van der Waals surface area contributed by atoms with E-state index < -0.39 is 0 Å². The van der Waals surface area contributed by atoms with Crippen LogP contribution in [0.5, 0.6) is 0 Å². The molecule has 4 heterocycles. The fraction of sp³-hybridized carbons (Fsp3) is 0.372. The molecular weight excluding hydrogens is 623 g/mol. The van der Waals surface area contributed by atoms with Crippen LogP contribution in [0, 0.1) is 11.8 Å². The maximum Gasteiger partial charge on any atom is 0.245 e. The molecule has 5 nitrogen and oxygen atoms in total. The third-order valence-electron chi connectivity index (χ3n) is 10.2. The van der Waals surface area contributed by atoms with Gasteiger partial charge in [0.1, 0.15) is 23.0 Å². The summed E-state index contributed by atoms with van der Waals surface area (Å²) in [4.78, 5) is 15.4. The second-order valence-electron chi connectivity index (χ2n) is 13.8. The molecule has 7 rings (SSSR count). The quantitative estimate of drug-likeness (QED) is 0.157. The lowest BCUT2D eigenvalue weighted by Gasteiger charge is -2.26. The number of pyridine rings is 2. The minimum Gasteiger partial charge on any atom is -0.461 e. The highest BCUT2D eigenvalue weighted by molar-refractivity contribution is 8.05. The number of aromatic nitrogens is 3. The van der Waals surface area contributed by atoms with Crippen molar-refractivity contribution in [2.75, 3.05) is 0 Å². The van der Waals surface area contributed by atoms with Gasteiger partial charge in [0.2, 0.25) is 5.89 Å². The molecule has 4 aromatic rings. The average Bonchev–Trinajstić information content (AvgIpc) is 3.49. The summed E-state index contributed by atoms with van der Waals surface area (Å²) in [5.74, 6) is 5.11. The predicted octanol–water partition coefficient (Wildman–Crippen LogP) is 11.4. The fourth-order valence-electron chi connectivity index (χ4n) is 7.17. The SMILES string of the molecule is CCCC=C(OC1=C(C)CCC(c2ccccn2)C1)c1cccc(CC2=CSC(C3CCc4nc(-c5ccccn5)oc4C3)=CCC2C)c1. The first-order valence-electron chi connectivity index (χ1n) is 18.1. The third-order valence-corrected chi connectivity index (χ3v) is 11.4. The Morgan fingerprint density at radius 3 is 2.65 bits per heavy atom. The Morgan fingerprint density at radius 1 is 0.980 bits per heavy atom. The fourth-order valence-corrected chi connectivity index (χ4v) is 8.36. The van der Waals surface area contributed by atoms with Crippen molar-refractivity contribution in [3.63, 3.8) is 0 Å². The number of rotatable bonds is 10. The first-order chi connectivity index (χ1) is 24.0. The van der Waals surface area contributed by atoms with Crippen LogP contribution in [-0.4, -0.2) is 15.0 Å². The van der Waals surface area contributed by atoms with Gasteiger partial charge in [0.15, 0.2) is 0 Å². The second-order valence-corrected chi connectivity index (χ2v) is 14.8. The van der Waals surface area contributed by atoms with E-state index in [-0.39, 0.29) is 0 Å². The summed E-state index contributed by atoms with van der Waals surface area (Å²) >= 11 is 1.92. The largest absolute Gasteiger partial charge is 0.461 e. The Morgan fingerprint density at radius 2 is 1.84 bits per heavy atom. The maximum absolute atomic E-state index is 6.83. The Kier molecular flexibility index (Phi) is 10.6. The summed E-state index contributed by atoms with van der Waals surface area (Å²) in [5.41, 5.74) is 8.41. The van der Waals surface area contributed by atoms with E-state index in [2.05, 4.69) is 84.7 Å². The van der Waals surface area contributed by atoms with E-state index in [9.17, 15) is 0 Å². The van der Waals surface area contributed by atoms with Gasteiger partial charge in [0, 0.05) is 42.4 Å². The topological polar surface area (TPSA) is 61.0 Å². The number of ether oxygens (including phenoxy) is 1. The Balaban J connectivity index is 1.03. The minimum atomic E-state index is 0.397. The number of oxazole rings is 1. The van der Waals surface area contributed by atoms with Gasteiger partial charge >= 0.3 is 0 Å². The van der Waals surface area contributed by atoms with Crippen LogP contribution in [0.4, 0.5) is 0 Å². The van der Waals surface area contributed by atoms with Crippen LogP contribution >= 0.6 is 11.8 Å². The molecule has 49 heavy (non-hydrogen) atoms. The summed E-state index contributed by atoms with van der Waals surface area (Å²) in [5, 5.41) is 2.43. The van der Waals surface area contributed by atoms with Crippen molar-refractivity contribution >= 4 is 17.5 Å². The van der Waals surface area contributed by atoms with Crippen LogP contribution in [-0.2, 0) is 24.0 Å². The molecular formula is C43H47N3O2S. The van der Waals surface area contributed by atoms with Gasteiger partial charge in [0.05, 0.1) is 5.69 Å². The lowest BCUT2D eigenvalue weighted by atomic mass is 9.86. The summed E-state index contributed by atoms with van der Waals surface area (Å²) in [6.45, 7) is 6.83. The van der Waals surface area contributed by atoms with Crippen molar-refractivity contribution in [3.05, 3.63) is 141 Å². The van der Waals surface area contributed by atoms with Crippen LogP contribution in [0.3, 0.4) is 0 Å². The second kappa shape index (κ2) is 15.6. The zero-order chi connectivity index (χ0) is 33.6. The molecule has 3 atom stereocenters. The number of fused-ring (bicyclic) bond motifs is 1. The molecule has 6 heteroatoms. The highest BCUT2D eigenvalue weighted by Gasteiger charge is 2.29. The summed E-state index contributed by atoms with van der Waals surface area (Å²) < 4.78 is 13.1. The monoisotopic (exact) mass is 669 g/mol. The summed E-state index contributed by atoms with van der Waals surface area (Å²) in [7, 11) is 0. The van der Waals surface area contributed by atoms with Gasteiger partial charge < -0.3 is 9.15 Å². The lowest BCUT2D eigenvalue weighted by Crippen LogP contribution is -2.14. The van der Waals surface area contributed by atoms with E-state index in [4.69, 9.17) is 14.1 Å². The molecule has 2 aliphatic carbocycles. The van der Waals surface area contributed by atoms with E-state index >= 15 is 0 Å². The van der Waals surface area contributed by atoms with Gasteiger partial charge in [-0.25, -0.2) is 4.98 Å². The van der Waals surface area contributed by atoms with Crippen molar-refractivity contribution in [1.82, 2.24) is 15.0 Å². The number of unbranched alkanes of at least 4 members (excludes halogenated alkanes) is 1. The maximum atomic E-state index is 6.83. The third kappa shape index (κ3) is 8.02. The van der Waals surface area contributed by atoms with Crippen LogP contribution in [0.25, 0.3) is 17.3 Å². The average molecular weight is 670 g/mol. The zero-order valence-corrected chi connectivity index (χ0v) is 29.8. The zero-order valence-electron chi connectivity index (χ0n) is 29.0. The number of aryl methyl sites for hydroxylation is 1. The van der Waals surface area contributed by atoms with Gasteiger partial charge in [-0.3, -0.25) is 9.97 Å². The molecule has 3 aliphatic rings. The Bertz CT molecular complexity index is 1870. The van der Waals surface area contributed by atoms with Crippen molar-refractivity contribution in [2.24, 2.45) is 11.8 Å². The number of hydrogen-bond donors (Lipinski definition) is 0. The normalized spacial score (nSPS) is 21.4. The number of nitrogens with zero attached hydrogens (tertiary/aromatic N) is 3. The standard InChI is InChI=1S/C43H47N3O2S/c1-4-5-15-39(47-40-26-32(18-16-30(40)3)36-13-6-8-22-44-36)33-12-10-11-31(24-33)25-35-28-49-42(21-17-29(35)2)34-19-20-37-41(27-34)48-43(46-37)38-14-7-9-23-45-38/h6-15,21-24,28-29,32,34H,4-5,16-20,25-27H2,1-3H3. The van der Waals surface area contributed by atoms with Crippen LogP contribution in [0.1, 0.15) is 99.9 Å². The van der Waals surface area contributed by atoms with Gasteiger partial charge in [0.25, 0.3) is 0 Å². The number of allylic oxidation sites excluding steroid dienone is 6. The van der Waals surface area contributed by atoms with Crippen molar-refractivity contribution < 1.29 is 9.15 Å². The van der Waals surface area contributed by atoms with E-state index in [1.165, 1.54) is 27.3 Å². The number of benzene rings is 1. The number of thioether (sulfide) groups is 1.